The van der Waals surface area contributed by atoms with Gasteiger partial charge < -0.3 is 10.0 Å². The number of hydrogen-bond acceptors (Lipinski definition) is 4. The minimum absolute atomic E-state index is 0.0241. The molecule has 0 spiro atoms. The van der Waals surface area contributed by atoms with Crippen LogP contribution in [-0.4, -0.2) is 45.3 Å². The molecule has 0 unspecified atom stereocenters. The Morgan fingerprint density at radius 1 is 1.56 bits per heavy atom. The first-order valence-corrected chi connectivity index (χ1v) is 5.58. The minimum atomic E-state index is -0.928. The van der Waals surface area contributed by atoms with E-state index in [0.717, 1.165) is 0 Å². The fourth-order valence-corrected chi connectivity index (χ4v) is 2.16. The predicted molar refractivity (Wildman–Crippen MR) is 60.2 cm³/mol. The van der Waals surface area contributed by atoms with Gasteiger partial charge in [-0.15, -0.1) is 0 Å². The van der Waals surface area contributed by atoms with E-state index in [9.17, 15) is 9.59 Å². The Bertz CT molecular complexity index is 509. The summed E-state index contributed by atoms with van der Waals surface area (Å²) in [6.07, 6.45) is 2.24. The Balaban J connectivity index is 2.15. The molecular formula is C11H12N4O3. The first-order valence-electron chi connectivity index (χ1n) is 5.58. The fourth-order valence-electron chi connectivity index (χ4n) is 2.16. The Morgan fingerprint density at radius 2 is 2.22 bits per heavy atom. The van der Waals surface area contributed by atoms with Crippen molar-refractivity contribution in [2.45, 2.75) is 18.9 Å². The van der Waals surface area contributed by atoms with Crippen LogP contribution in [0.5, 0.6) is 0 Å². The molecule has 2 heterocycles. The van der Waals surface area contributed by atoms with Gasteiger partial charge in [0.25, 0.3) is 0 Å². The summed E-state index contributed by atoms with van der Waals surface area (Å²) < 4.78 is 1.53. The molecule has 1 saturated heterocycles. The number of aromatic nitrogens is 2. The number of amides is 1. The zero-order chi connectivity index (χ0) is 13.1. The summed E-state index contributed by atoms with van der Waals surface area (Å²) >= 11 is 0. The normalized spacial score (nSPS) is 16.3. The third-order valence-electron chi connectivity index (χ3n) is 3.14. The largest absolute Gasteiger partial charge is 0.465 e. The molecule has 7 heteroatoms. The monoisotopic (exact) mass is 248 g/mol. The third-order valence-corrected chi connectivity index (χ3v) is 3.14. The number of hydrogen-bond donors (Lipinski definition) is 1. The second-order valence-electron chi connectivity index (χ2n) is 4.12. The number of rotatable bonds is 2. The molecule has 1 amide bonds. The number of carbonyl (C=O) groups excluding carboxylic acids is 1. The molecular weight excluding hydrogens is 236 g/mol. The molecule has 2 rings (SSSR count). The topological polar surface area (TPSA) is 99.2 Å². The van der Waals surface area contributed by atoms with E-state index in [1.165, 1.54) is 15.8 Å². The molecule has 0 radical (unpaired) electrons. The van der Waals surface area contributed by atoms with Gasteiger partial charge in [0.1, 0.15) is 11.8 Å². The van der Waals surface area contributed by atoms with Gasteiger partial charge in [0.2, 0.25) is 0 Å². The Labute approximate surface area is 103 Å². The molecule has 1 aromatic heterocycles. The molecule has 0 aliphatic carbocycles. The Morgan fingerprint density at radius 3 is 2.72 bits per heavy atom. The Kier molecular flexibility index (Phi) is 3.28. The average Bonchev–Trinajstić information content (AvgIpc) is 2.81. The van der Waals surface area contributed by atoms with Gasteiger partial charge in [-0.1, -0.05) is 0 Å². The van der Waals surface area contributed by atoms with Crippen LogP contribution < -0.4 is 0 Å². The van der Waals surface area contributed by atoms with Crippen molar-refractivity contribution in [1.82, 2.24) is 14.7 Å². The van der Waals surface area contributed by atoms with Gasteiger partial charge in [0.05, 0.1) is 17.8 Å². The van der Waals surface area contributed by atoms with E-state index in [0.29, 0.717) is 32.2 Å². The number of piperidine rings is 1. The van der Waals surface area contributed by atoms with Crippen molar-refractivity contribution in [3.05, 3.63) is 17.5 Å². The van der Waals surface area contributed by atoms with Crippen LogP contribution in [0.15, 0.2) is 6.20 Å². The van der Waals surface area contributed by atoms with Crippen molar-refractivity contribution in [2.24, 2.45) is 0 Å². The van der Waals surface area contributed by atoms with Crippen molar-refractivity contribution in [1.29, 1.82) is 5.26 Å². The standard InChI is InChI=1S/C11H12N4O3/c12-5-10-8(7-16)6-13-15(10)9-1-3-14(4-2-9)11(17)18/h6-7,9H,1-4H2,(H,17,18). The van der Waals surface area contributed by atoms with Crippen LogP contribution >= 0.6 is 0 Å². The van der Waals surface area contributed by atoms with Gasteiger partial charge in [-0.2, -0.15) is 10.4 Å². The fraction of sp³-hybridized carbons (Fsp3) is 0.455. The molecule has 0 bridgehead atoms. The van der Waals surface area contributed by atoms with Gasteiger partial charge >= 0.3 is 6.09 Å². The summed E-state index contributed by atoms with van der Waals surface area (Å²) in [6.45, 7) is 0.836. The lowest BCUT2D eigenvalue weighted by Crippen LogP contribution is -2.38. The van der Waals surface area contributed by atoms with Crippen LogP contribution in [-0.2, 0) is 0 Å². The van der Waals surface area contributed by atoms with Crippen molar-refractivity contribution in [3.63, 3.8) is 0 Å². The lowest BCUT2D eigenvalue weighted by atomic mass is 10.1. The van der Waals surface area contributed by atoms with Crippen LogP contribution in [0.2, 0.25) is 0 Å². The highest BCUT2D eigenvalue weighted by atomic mass is 16.4. The molecule has 0 aromatic carbocycles. The van der Waals surface area contributed by atoms with E-state index in [2.05, 4.69) is 5.10 Å². The SMILES string of the molecule is N#Cc1c(C=O)cnn1C1CCN(C(=O)O)CC1. The summed E-state index contributed by atoms with van der Waals surface area (Å²) in [6, 6.07) is 1.94. The van der Waals surface area contributed by atoms with E-state index < -0.39 is 6.09 Å². The number of carboxylic acid groups (broad SMARTS) is 1. The molecule has 1 aliphatic rings. The summed E-state index contributed by atoms with van der Waals surface area (Å²) in [5, 5.41) is 21.9. The molecule has 0 atom stereocenters. The van der Waals surface area contributed by atoms with Crippen molar-refractivity contribution in [3.8, 4) is 6.07 Å². The van der Waals surface area contributed by atoms with Crippen molar-refractivity contribution < 1.29 is 14.7 Å². The van der Waals surface area contributed by atoms with Gasteiger partial charge in [-0.05, 0) is 12.8 Å². The lowest BCUT2D eigenvalue weighted by molar-refractivity contribution is 0.112. The van der Waals surface area contributed by atoms with Crippen LogP contribution in [0.4, 0.5) is 4.79 Å². The van der Waals surface area contributed by atoms with Gasteiger partial charge in [-0.25, -0.2) is 4.79 Å². The molecule has 0 saturated carbocycles. The predicted octanol–water partition coefficient (Wildman–Crippen LogP) is 0.882. The summed E-state index contributed by atoms with van der Waals surface area (Å²) in [7, 11) is 0. The van der Waals surface area contributed by atoms with Crippen LogP contribution in [0.3, 0.4) is 0 Å². The summed E-state index contributed by atoms with van der Waals surface area (Å²) in [5.41, 5.74) is 0.525. The van der Waals surface area contributed by atoms with E-state index in [1.807, 2.05) is 6.07 Å². The van der Waals surface area contributed by atoms with E-state index in [1.54, 1.807) is 0 Å². The van der Waals surface area contributed by atoms with Gasteiger partial charge in [0.15, 0.2) is 6.29 Å². The first-order chi connectivity index (χ1) is 8.67. The molecule has 94 valence electrons. The second-order valence-corrected chi connectivity index (χ2v) is 4.12. The first kappa shape index (κ1) is 12.1. The average molecular weight is 248 g/mol. The van der Waals surface area contributed by atoms with Gasteiger partial charge in [-0.3, -0.25) is 9.48 Å². The van der Waals surface area contributed by atoms with E-state index in [4.69, 9.17) is 10.4 Å². The minimum Gasteiger partial charge on any atom is -0.465 e. The van der Waals surface area contributed by atoms with Crippen molar-refractivity contribution in [2.75, 3.05) is 13.1 Å². The number of carbonyl (C=O) groups is 2. The third kappa shape index (κ3) is 2.05. The highest BCUT2D eigenvalue weighted by molar-refractivity contribution is 5.77. The highest BCUT2D eigenvalue weighted by Gasteiger charge is 2.26. The molecule has 1 N–H and O–H groups in total. The number of nitrogens with zero attached hydrogens (tertiary/aromatic N) is 4. The van der Waals surface area contributed by atoms with E-state index >= 15 is 0 Å². The number of likely N-dealkylation sites (tertiary alicyclic amines) is 1. The maximum absolute atomic E-state index is 10.8. The quantitative estimate of drug-likeness (QED) is 0.783. The summed E-state index contributed by atoms with van der Waals surface area (Å²) in [4.78, 5) is 22.8. The van der Waals surface area contributed by atoms with E-state index in [-0.39, 0.29) is 17.3 Å². The smallest absolute Gasteiger partial charge is 0.407 e. The molecule has 7 nitrogen and oxygen atoms in total. The summed E-state index contributed by atoms with van der Waals surface area (Å²) in [5.74, 6) is 0. The van der Waals surface area contributed by atoms with Crippen LogP contribution in [0.1, 0.15) is 34.9 Å². The zero-order valence-corrected chi connectivity index (χ0v) is 9.61. The molecule has 1 fully saturated rings. The van der Waals surface area contributed by atoms with Gasteiger partial charge in [0, 0.05) is 13.1 Å². The maximum atomic E-state index is 10.8. The van der Waals surface area contributed by atoms with Crippen LogP contribution in [0.25, 0.3) is 0 Å². The number of aldehydes is 1. The zero-order valence-electron chi connectivity index (χ0n) is 9.61. The molecule has 1 aliphatic heterocycles. The van der Waals surface area contributed by atoms with Crippen molar-refractivity contribution >= 4 is 12.4 Å². The second kappa shape index (κ2) is 4.87. The lowest BCUT2D eigenvalue weighted by Gasteiger charge is -2.30. The van der Waals surface area contributed by atoms with Crippen LogP contribution in [0, 0.1) is 11.3 Å². The Hall–Kier alpha value is -2.36. The molecule has 1 aromatic rings. The maximum Gasteiger partial charge on any atom is 0.407 e. The number of nitriles is 1. The molecule has 18 heavy (non-hydrogen) atoms. The highest BCUT2D eigenvalue weighted by Crippen LogP contribution is 2.24.